The van der Waals surface area contributed by atoms with E-state index in [9.17, 15) is 0 Å². The molecule has 0 aromatic carbocycles. The summed E-state index contributed by atoms with van der Waals surface area (Å²) in [5, 5.41) is 0. The van der Waals surface area contributed by atoms with Gasteiger partial charge < -0.3 is 28.4 Å². The Balaban J connectivity index is 6.24. The van der Waals surface area contributed by atoms with E-state index < -0.39 is 7.59 Å². The maximum Gasteiger partial charge on any atom is 0.287 e. The third-order valence-corrected chi connectivity index (χ3v) is 8.70. The molecular formula is C24H54N3O7P. The quantitative estimate of drug-likeness (QED) is 0.117. The molecule has 0 atom stereocenters. The van der Waals surface area contributed by atoms with E-state index in [1.54, 1.807) is 0 Å². The van der Waals surface area contributed by atoms with Crippen LogP contribution < -0.4 is 0 Å². The molecule has 212 valence electrons. The highest BCUT2D eigenvalue weighted by Crippen LogP contribution is 2.56. The lowest BCUT2D eigenvalue weighted by atomic mass is 10.6. The first-order valence-corrected chi connectivity index (χ1v) is 15.0. The Kier molecular flexibility index (Phi) is 24.1. The lowest BCUT2D eigenvalue weighted by molar-refractivity contribution is 0.0774. The Hall–Kier alpha value is -0.130. The molecule has 0 saturated carbocycles. The molecule has 0 aromatic heterocycles. The number of hydrogen-bond donors (Lipinski definition) is 0. The normalized spacial score (nSPS) is 12.5. The lowest BCUT2D eigenvalue weighted by Crippen LogP contribution is -2.47. The minimum atomic E-state index is -3.27. The summed E-state index contributed by atoms with van der Waals surface area (Å²) in [6.45, 7) is 21.6. The average molecular weight is 528 g/mol. The van der Waals surface area contributed by atoms with Gasteiger partial charge in [-0.1, -0.05) is 0 Å². The number of nitrogens with zero attached hydrogens (tertiary/aromatic N) is 3. The van der Waals surface area contributed by atoms with Crippen molar-refractivity contribution < 1.29 is 33.0 Å². The van der Waals surface area contributed by atoms with Gasteiger partial charge in [0.25, 0.3) is 7.59 Å². The van der Waals surface area contributed by atoms with Crippen molar-refractivity contribution in [2.45, 2.75) is 41.5 Å². The predicted octanol–water partition coefficient (Wildman–Crippen LogP) is 3.22. The minimum Gasteiger partial charge on any atom is -0.380 e. The maximum absolute atomic E-state index is 15.3. The molecule has 0 heterocycles. The molecule has 0 aromatic rings. The fraction of sp³-hybridized carbons (Fsp3) is 1.00. The molecule has 0 rings (SSSR count). The second-order valence-corrected chi connectivity index (χ2v) is 10.3. The molecule has 0 saturated heterocycles. The molecule has 0 unspecified atom stereocenters. The van der Waals surface area contributed by atoms with E-state index in [1.807, 2.05) is 55.6 Å². The molecule has 0 aliphatic rings. The highest BCUT2D eigenvalue weighted by molar-refractivity contribution is 7.56. The van der Waals surface area contributed by atoms with E-state index in [2.05, 4.69) is 0 Å². The lowest BCUT2D eigenvalue weighted by Gasteiger charge is -2.45. The van der Waals surface area contributed by atoms with E-state index in [1.165, 1.54) is 0 Å². The molecule has 0 N–H and O–H groups in total. The Morgan fingerprint density at radius 2 is 0.571 bits per heavy atom. The number of hydrogen-bond acceptors (Lipinski definition) is 7. The van der Waals surface area contributed by atoms with Gasteiger partial charge in [-0.3, -0.25) is 4.57 Å². The Labute approximate surface area is 215 Å². The highest BCUT2D eigenvalue weighted by Gasteiger charge is 2.42. The van der Waals surface area contributed by atoms with Crippen LogP contribution in [0.25, 0.3) is 0 Å². The van der Waals surface area contributed by atoms with Gasteiger partial charge in [-0.25, -0.2) is 14.0 Å². The first-order valence-electron chi connectivity index (χ1n) is 13.4. The van der Waals surface area contributed by atoms with Crippen molar-refractivity contribution in [1.82, 2.24) is 14.0 Å². The van der Waals surface area contributed by atoms with Crippen molar-refractivity contribution in [3.63, 3.8) is 0 Å². The fourth-order valence-corrected chi connectivity index (χ4v) is 6.67. The van der Waals surface area contributed by atoms with Crippen LogP contribution in [0.3, 0.4) is 0 Å². The van der Waals surface area contributed by atoms with E-state index in [4.69, 9.17) is 28.4 Å². The molecular weight excluding hydrogens is 473 g/mol. The monoisotopic (exact) mass is 527 g/mol. The van der Waals surface area contributed by atoms with Gasteiger partial charge in [0.1, 0.15) is 0 Å². The number of rotatable bonds is 27. The number of ether oxygens (including phenoxy) is 6. The van der Waals surface area contributed by atoms with Crippen LogP contribution in [0.2, 0.25) is 0 Å². The maximum atomic E-state index is 15.3. The summed E-state index contributed by atoms with van der Waals surface area (Å²) in [5.41, 5.74) is 0. The molecule has 0 radical (unpaired) electrons. The molecule has 35 heavy (non-hydrogen) atoms. The molecule has 0 amide bonds. The van der Waals surface area contributed by atoms with Crippen LogP contribution >= 0.6 is 7.59 Å². The second kappa shape index (κ2) is 24.2. The minimum absolute atomic E-state index is 0.488. The fourth-order valence-electron chi connectivity index (χ4n) is 3.54. The zero-order valence-electron chi connectivity index (χ0n) is 23.4. The van der Waals surface area contributed by atoms with Crippen molar-refractivity contribution >= 4 is 7.59 Å². The molecule has 0 aliphatic heterocycles. The van der Waals surface area contributed by atoms with Crippen molar-refractivity contribution in [3.8, 4) is 0 Å². The van der Waals surface area contributed by atoms with E-state index in [0.29, 0.717) is 119 Å². The van der Waals surface area contributed by atoms with E-state index >= 15 is 4.57 Å². The third-order valence-electron chi connectivity index (χ3n) is 5.29. The summed E-state index contributed by atoms with van der Waals surface area (Å²) >= 11 is 0. The standard InChI is InChI=1S/C24H54N3O7P/c1-7-29-19-13-25(14-20-30-8-2)35(28,26(15-21-31-9-3)16-22-32-10-4)27(17-23-33-11-5)18-24-34-12-6/h7-24H2,1-6H3. The topological polar surface area (TPSA) is 82.2 Å². The summed E-state index contributed by atoms with van der Waals surface area (Å²) in [7, 11) is -3.27. The van der Waals surface area contributed by atoms with Crippen molar-refractivity contribution in [2.75, 3.05) is 119 Å². The highest BCUT2D eigenvalue weighted by atomic mass is 31.2. The van der Waals surface area contributed by atoms with Crippen molar-refractivity contribution in [2.24, 2.45) is 0 Å². The van der Waals surface area contributed by atoms with Crippen molar-refractivity contribution in [1.29, 1.82) is 0 Å². The van der Waals surface area contributed by atoms with Crippen LogP contribution in [-0.2, 0) is 33.0 Å². The van der Waals surface area contributed by atoms with Gasteiger partial charge >= 0.3 is 0 Å². The zero-order chi connectivity index (χ0) is 26.2. The van der Waals surface area contributed by atoms with Crippen LogP contribution in [-0.4, -0.2) is 133 Å². The predicted molar refractivity (Wildman–Crippen MR) is 141 cm³/mol. The largest absolute Gasteiger partial charge is 0.380 e. The Bertz CT molecular complexity index is 409. The molecule has 0 aliphatic carbocycles. The summed E-state index contributed by atoms with van der Waals surface area (Å²) in [6.07, 6.45) is 0. The van der Waals surface area contributed by atoms with Crippen molar-refractivity contribution in [3.05, 3.63) is 0 Å². The van der Waals surface area contributed by atoms with Gasteiger partial charge in [0.05, 0.1) is 39.6 Å². The summed E-state index contributed by atoms with van der Waals surface area (Å²) < 4.78 is 55.5. The Morgan fingerprint density at radius 1 is 0.400 bits per heavy atom. The van der Waals surface area contributed by atoms with Gasteiger partial charge in [-0.2, -0.15) is 0 Å². The van der Waals surface area contributed by atoms with Gasteiger partial charge in [0.2, 0.25) is 0 Å². The summed E-state index contributed by atoms with van der Waals surface area (Å²) in [4.78, 5) is 0. The van der Waals surface area contributed by atoms with Crippen LogP contribution in [0.5, 0.6) is 0 Å². The smallest absolute Gasteiger partial charge is 0.287 e. The van der Waals surface area contributed by atoms with Crippen LogP contribution in [0, 0.1) is 0 Å². The summed E-state index contributed by atoms with van der Waals surface area (Å²) in [5.74, 6) is 0. The average Bonchev–Trinajstić information content (AvgIpc) is 2.86. The summed E-state index contributed by atoms with van der Waals surface area (Å²) in [6, 6.07) is 0. The van der Waals surface area contributed by atoms with Gasteiger partial charge in [0, 0.05) is 78.9 Å². The van der Waals surface area contributed by atoms with Gasteiger partial charge in [0.15, 0.2) is 0 Å². The molecule has 0 fully saturated rings. The SMILES string of the molecule is CCOCCN(CCOCC)P(=O)(N(CCOCC)CCOCC)N(CCOCC)CCOCC. The van der Waals surface area contributed by atoms with E-state index in [-0.39, 0.29) is 0 Å². The zero-order valence-corrected chi connectivity index (χ0v) is 24.3. The van der Waals surface area contributed by atoms with E-state index in [0.717, 1.165) is 0 Å². The van der Waals surface area contributed by atoms with Crippen LogP contribution in [0.15, 0.2) is 0 Å². The molecule has 0 bridgehead atoms. The van der Waals surface area contributed by atoms with Crippen LogP contribution in [0.1, 0.15) is 41.5 Å². The van der Waals surface area contributed by atoms with Crippen LogP contribution in [0.4, 0.5) is 0 Å². The van der Waals surface area contributed by atoms with Gasteiger partial charge in [-0.05, 0) is 41.5 Å². The van der Waals surface area contributed by atoms with Gasteiger partial charge in [-0.15, -0.1) is 0 Å². The molecule has 11 heteroatoms. The first kappa shape index (κ1) is 34.9. The second-order valence-electron chi connectivity index (χ2n) is 7.56. The third kappa shape index (κ3) is 15.0. The molecule has 10 nitrogen and oxygen atoms in total. The Morgan fingerprint density at radius 3 is 0.714 bits per heavy atom. The first-order chi connectivity index (χ1) is 17.1. The molecule has 0 spiro atoms.